The second-order valence-electron chi connectivity index (χ2n) is 17.3. The number of rotatable bonds is 5. The summed E-state index contributed by atoms with van der Waals surface area (Å²) < 4.78 is 0. The van der Waals surface area contributed by atoms with E-state index in [1.165, 1.54) is 111 Å². The van der Waals surface area contributed by atoms with Gasteiger partial charge in [0.2, 0.25) is 0 Å². The average Bonchev–Trinajstić information content (AvgIpc) is 3.64. The molecule has 0 aromatic heterocycles. The summed E-state index contributed by atoms with van der Waals surface area (Å²) in [5.41, 5.74) is 23.4. The van der Waals surface area contributed by atoms with Gasteiger partial charge in [-0.05, 0) is 129 Å². The van der Waals surface area contributed by atoms with Crippen molar-refractivity contribution in [2.45, 2.75) is 38.5 Å². The van der Waals surface area contributed by atoms with Crippen LogP contribution in [-0.4, -0.2) is 0 Å². The third-order valence-electron chi connectivity index (χ3n) is 13.3. The monoisotopic (exact) mass is 740 g/mol. The van der Waals surface area contributed by atoms with E-state index >= 15 is 0 Å². The Morgan fingerprint density at radius 3 is 1.09 bits per heavy atom. The Kier molecular flexibility index (Phi) is 7.66. The summed E-state index contributed by atoms with van der Waals surface area (Å²) in [5, 5.41) is 2.56. The zero-order valence-corrected chi connectivity index (χ0v) is 33.5. The van der Waals surface area contributed by atoms with E-state index in [4.69, 9.17) is 0 Å². The van der Waals surface area contributed by atoms with Gasteiger partial charge < -0.3 is 0 Å². The van der Waals surface area contributed by atoms with Crippen LogP contribution in [0.3, 0.4) is 0 Å². The van der Waals surface area contributed by atoms with Gasteiger partial charge in [0, 0.05) is 10.8 Å². The third kappa shape index (κ3) is 5.36. The fourth-order valence-corrected chi connectivity index (χ4v) is 10.0. The van der Waals surface area contributed by atoms with Crippen molar-refractivity contribution in [3.8, 4) is 77.9 Å². The van der Waals surface area contributed by atoms with Gasteiger partial charge in [0.1, 0.15) is 0 Å². The smallest absolute Gasteiger partial charge is 0.0159 e. The molecule has 0 atom stereocenters. The topological polar surface area (TPSA) is 0 Å². The van der Waals surface area contributed by atoms with Gasteiger partial charge in [-0.3, -0.25) is 0 Å². The van der Waals surface area contributed by atoms with E-state index < -0.39 is 0 Å². The zero-order chi connectivity index (χ0) is 39.2. The standard InChI is InChI=1S/C58H44/c1-57(2)53-15-8-7-13-49(53)50-32-29-45(35-54(50)57)46-30-33-52-51-31-28-44(34-55(51)58(3,4)56(52)36-46)41-22-20-39(21-23-41)37-16-18-38(19-17-37)40-24-26-43(27-25-40)48-14-9-11-42-10-5-6-12-47(42)48/h5-36H,1-4H3. The molecule has 0 nitrogen and oxygen atoms in total. The van der Waals surface area contributed by atoms with E-state index in [2.05, 4.69) is 222 Å². The molecule has 0 heteroatoms. The largest absolute Gasteiger partial charge is 0.0619 e. The maximum absolute atomic E-state index is 2.45. The molecule has 0 heterocycles. The van der Waals surface area contributed by atoms with E-state index in [9.17, 15) is 0 Å². The van der Waals surface area contributed by atoms with Crippen LogP contribution in [0, 0.1) is 0 Å². The molecule has 0 unspecified atom stereocenters. The Morgan fingerprint density at radius 2 is 0.569 bits per heavy atom. The Labute approximate surface area is 342 Å². The minimum Gasteiger partial charge on any atom is -0.0619 e. The van der Waals surface area contributed by atoms with Gasteiger partial charge in [-0.1, -0.05) is 204 Å². The Hall–Kier alpha value is -6.76. The van der Waals surface area contributed by atoms with Crippen LogP contribution in [0.5, 0.6) is 0 Å². The predicted octanol–water partition coefficient (Wildman–Crippen LogP) is 15.8. The SMILES string of the molecule is CC1(C)c2ccccc2-c2ccc(-c3ccc4c(c3)C(C)(C)c3cc(-c5ccc(-c6ccc(-c7ccc(-c8cccc9ccccc89)cc7)cc6)cc5)ccc3-4)cc21. The van der Waals surface area contributed by atoms with Crippen LogP contribution in [0.2, 0.25) is 0 Å². The number of hydrogen-bond donors (Lipinski definition) is 0. The van der Waals surface area contributed by atoms with Crippen molar-refractivity contribution in [1.82, 2.24) is 0 Å². The molecule has 0 amide bonds. The number of fused-ring (bicyclic) bond motifs is 7. The lowest BCUT2D eigenvalue weighted by Gasteiger charge is -2.23. The molecule has 11 rings (SSSR count). The summed E-state index contributed by atoms with van der Waals surface area (Å²) in [6.07, 6.45) is 0. The van der Waals surface area contributed by atoms with Gasteiger partial charge in [-0.15, -0.1) is 0 Å². The molecule has 0 fully saturated rings. The first kappa shape index (κ1) is 34.5. The molecular weight excluding hydrogens is 697 g/mol. The van der Waals surface area contributed by atoms with Gasteiger partial charge in [0.05, 0.1) is 0 Å². The van der Waals surface area contributed by atoms with Gasteiger partial charge in [-0.25, -0.2) is 0 Å². The molecule has 9 aromatic carbocycles. The summed E-state index contributed by atoms with van der Waals surface area (Å²) in [4.78, 5) is 0. The summed E-state index contributed by atoms with van der Waals surface area (Å²) in [6, 6.07) is 72.3. The molecule has 2 aliphatic rings. The van der Waals surface area contributed by atoms with Crippen LogP contribution in [0.25, 0.3) is 88.7 Å². The van der Waals surface area contributed by atoms with Crippen molar-refractivity contribution in [3.05, 3.63) is 216 Å². The van der Waals surface area contributed by atoms with Gasteiger partial charge >= 0.3 is 0 Å². The van der Waals surface area contributed by atoms with Crippen molar-refractivity contribution in [2.24, 2.45) is 0 Å². The Balaban J connectivity index is 0.828. The maximum atomic E-state index is 2.45. The van der Waals surface area contributed by atoms with Crippen LogP contribution in [0.1, 0.15) is 49.9 Å². The van der Waals surface area contributed by atoms with E-state index in [0.717, 1.165) is 0 Å². The first-order valence-corrected chi connectivity index (χ1v) is 20.6. The second-order valence-corrected chi connectivity index (χ2v) is 17.3. The molecule has 58 heavy (non-hydrogen) atoms. The molecule has 0 saturated carbocycles. The highest BCUT2D eigenvalue weighted by Crippen LogP contribution is 2.52. The van der Waals surface area contributed by atoms with Crippen LogP contribution >= 0.6 is 0 Å². The van der Waals surface area contributed by atoms with Gasteiger partial charge in [-0.2, -0.15) is 0 Å². The predicted molar refractivity (Wildman–Crippen MR) is 246 cm³/mol. The minimum absolute atomic E-state index is 0.0130. The number of benzene rings is 9. The summed E-state index contributed by atoms with van der Waals surface area (Å²) >= 11 is 0. The molecule has 0 saturated heterocycles. The highest BCUT2D eigenvalue weighted by Gasteiger charge is 2.37. The minimum atomic E-state index is -0.110. The van der Waals surface area contributed by atoms with Crippen molar-refractivity contribution < 1.29 is 0 Å². The zero-order valence-electron chi connectivity index (χ0n) is 33.5. The molecule has 0 bridgehead atoms. The molecule has 0 radical (unpaired) electrons. The third-order valence-corrected chi connectivity index (χ3v) is 13.3. The molecule has 2 aliphatic carbocycles. The van der Waals surface area contributed by atoms with E-state index in [0.29, 0.717) is 0 Å². The fraction of sp³-hybridized carbons (Fsp3) is 0.103. The van der Waals surface area contributed by atoms with Crippen LogP contribution < -0.4 is 0 Å². The molecule has 0 N–H and O–H groups in total. The lowest BCUT2D eigenvalue weighted by atomic mass is 9.80. The van der Waals surface area contributed by atoms with Crippen molar-refractivity contribution in [1.29, 1.82) is 0 Å². The van der Waals surface area contributed by atoms with E-state index in [1.54, 1.807) is 0 Å². The van der Waals surface area contributed by atoms with Crippen LogP contribution in [-0.2, 0) is 10.8 Å². The molecule has 276 valence electrons. The lowest BCUT2D eigenvalue weighted by molar-refractivity contribution is 0.659. The lowest BCUT2D eigenvalue weighted by Crippen LogP contribution is -2.15. The molecule has 0 spiro atoms. The molecular formula is C58H44. The van der Waals surface area contributed by atoms with Gasteiger partial charge in [0.25, 0.3) is 0 Å². The van der Waals surface area contributed by atoms with Crippen molar-refractivity contribution >= 4 is 10.8 Å². The van der Waals surface area contributed by atoms with Crippen molar-refractivity contribution in [2.75, 3.05) is 0 Å². The normalized spacial score (nSPS) is 14.1. The molecule has 0 aliphatic heterocycles. The first-order chi connectivity index (χ1) is 28.2. The first-order valence-electron chi connectivity index (χ1n) is 20.6. The quantitative estimate of drug-likeness (QED) is 0.165. The maximum Gasteiger partial charge on any atom is 0.0159 e. The summed E-state index contributed by atoms with van der Waals surface area (Å²) in [7, 11) is 0. The van der Waals surface area contributed by atoms with E-state index in [-0.39, 0.29) is 10.8 Å². The second kappa shape index (κ2) is 12.9. The van der Waals surface area contributed by atoms with Crippen LogP contribution in [0.15, 0.2) is 194 Å². The van der Waals surface area contributed by atoms with Gasteiger partial charge in [0.15, 0.2) is 0 Å². The van der Waals surface area contributed by atoms with E-state index in [1.807, 2.05) is 0 Å². The van der Waals surface area contributed by atoms with Crippen molar-refractivity contribution in [3.63, 3.8) is 0 Å². The average molecular weight is 741 g/mol. The van der Waals surface area contributed by atoms with Crippen LogP contribution in [0.4, 0.5) is 0 Å². The fourth-order valence-electron chi connectivity index (χ4n) is 10.0. The number of hydrogen-bond acceptors (Lipinski definition) is 0. The Bertz CT molecular complexity index is 3060. The highest BCUT2D eigenvalue weighted by molar-refractivity contribution is 5.97. The Morgan fingerprint density at radius 1 is 0.241 bits per heavy atom. The highest BCUT2D eigenvalue weighted by atomic mass is 14.4. The molecule has 9 aromatic rings. The summed E-state index contributed by atoms with van der Waals surface area (Å²) in [5.74, 6) is 0. The summed E-state index contributed by atoms with van der Waals surface area (Å²) in [6.45, 7) is 9.50.